The summed E-state index contributed by atoms with van der Waals surface area (Å²) in [5.74, 6) is 2.20. The van der Waals surface area contributed by atoms with Gasteiger partial charge in [-0.1, -0.05) is 17.8 Å². The molecule has 3 N–H and O–H groups in total. The second kappa shape index (κ2) is 4.59. The minimum Gasteiger partial charge on any atom is -0.494 e. The van der Waals surface area contributed by atoms with Crippen LogP contribution in [0.4, 0.5) is 10.8 Å². The van der Waals surface area contributed by atoms with Gasteiger partial charge in [-0.3, -0.25) is 4.79 Å². The largest absolute Gasteiger partial charge is 0.494 e. The van der Waals surface area contributed by atoms with Gasteiger partial charge in [0.1, 0.15) is 11.3 Å². The van der Waals surface area contributed by atoms with E-state index in [-0.39, 0.29) is 11.8 Å². The fourth-order valence-corrected chi connectivity index (χ4v) is 4.56. The van der Waals surface area contributed by atoms with E-state index in [2.05, 4.69) is 10.3 Å². The first-order valence-corrected chi connectivity index (χ1v) is 8.04. The predicted molar refractivity (Wildman–Crippen MR) is 83.5 cm³/mol. The molecule has 110 valence electrons. The molecule has 0 bridgehead atoms. The summed E-state index contributed by atoms with van der Waals surface area (Å²) in [6.45, 7) is 0. The Hall–Kier alpha value is -1.82. The number of fused-ring (bicyclic) bond motifs is 2. The third-order valence-electron chi connectivity index (χ3n) is 4.64. The molecule has 5 nitrogen and oxygen atoms in total. The quantitative estimate of drug-likeness (QED) is 0.855. The number of methoxy groups -OCH3 is 1. The zero-order chi connectivity index (χ0) is 14.6. The zero-order valence-corrected chi connectivity index (χ0v) is 12.6. The van der Waals surface area contributed by atoms with Crippen molar-refractivity contribution in [3.05, 3.63) is 12.1 Å². The van der Waals surface area contributed by atoms with Crippen LogP contribution in [0.1, 0.15) is 19.3 Å². The van der Waals surface area contributed by atoms with E-state index >= 15 is 0 Å². The Bertz CT molecular complexity index is 717. The molecule has 1 aromatic heterocycles. The Labute approximate surface area is 126 Å². The Kier molecular flexibility index (Phi) is 2.82. The number of carbonyl (C=O) groups is 1. The van der Waals surface area contributed by atoms with Crippen molar-refractivity contribution in [1.82, 2.24) is 4.98 Å². The summed E-state index contributed by atoms with van der Waals surface area (Å²) in [5, 5.41) is 3.59. The molecule has 2 aliphatic rings. The molecule has 0 saturated heterocycles. The molecule has 2 fully saturated rings. The number of nitrogen functional groups attached to an aromatic ring is 1. The van der Waals surface area contributed by atoms with E-state index in [1.54, 1.807) is 13.2 Å². The molecule has 4 rings (SSSR count). The van der Waals surface area contributed by atoms with Gasteiger partial charge >= 0.3 is 0 Å². The van der Waals surface area contributed by atoms with Crippen molar-refractivity contribution >= 4 is 38.3 Å². The van der Waals surface area contributed by atoms with Crippen LogP contribution in [-0.4, -0.2) is 18.0 Å². The van der Waals surface area contributed by atoms with Gasteiger partial charge in [0.2, 0.25) is 5.91 Å². The minimum absolute atomic E-state index is 0.121. The molecule has 21 heavy (non-hydrogen) atoms. The number of benzene rings is 1. The van der Waals surface area contributed by atoms with Crippen LogP contribution in [0.3, 0.4) is 0 Å². The highest BCUT2D eigenvalue weighted by Gasteiger charge is 2.56. The van der Waals surface area contributed by atoms with Crippen molar-refractivity contribution in [3.8, 4) is 5.75 Å². The fourth-order valence-electron chi connectivity index (χ4n) is 3.63. The third-order valence-corrected chi connectivity index (χ3v) is 5.56. The average molecular weight is 303 g/mol. The van der Waals surface area contributed by atoms with Gasteiger partial charge in [0, 0.05) is 17.7 Å². The van der Waals surface area contributed by atoms with E-state index < -0.39 is 0 Å². The minimum atomic E-state index is 0.121. The molecule has 2 unspecified atom stereocenters. The van der Waals surface area contributed by atoms with Crippen molar-refractivity contribution < 1.29 is 9.53 Å². The number of nitrogens with two attached hydrogens (primary N) is 1. The molecule has 2 aromatic rings. The lowest BCUT2D eigenvalue weighted by Crippen LogP contribution is -2.16. The highest BCUT2D eigenvalue weighted by atomic mass is 32.1. The van der Waals surface area contributed by atoms with E-state index in [0.29, 0.717) is 28.4 Å². The molecule has 0 radical (unpaired) electrons. The maximum atomic E-state index is 12.3. The number of anilines is 2. The highest BCUT2D eigenvalue weighted by molar-refractivity contribution is 7.22. The summed E-state index contributed by atoms with van der Waals surface area (Å²) in [4.78, 5) is 16.8. The molecular formula is C15H17N3O2S. The number of amides is 1. The van der Waals surface area contributed by atoms with Crippen LogP contribution in [0.2, 0.25) is 0 Å². The first kappa shape index (κ1) is 12.9. The van der Waals surface area contributed by atoms with Crippen LogP contribution in [-0.2, 0) is 4.79 Å². The molecule has 2 aliphatic carbocycles. The van der Waals surface area contributed by atoms with Crippen LogP contribution >= 0.6 is 11.3 Å². The number of hydrogen-bond acceptors (Lipinski definition) is 5. The maximum Gasteiger partial charge on any atom is 0.229 e. The molecule has 1 heterocycles. The lowest BCUT2D eigenvalue weighted by molar-refractivity contribution is -0.118. The standard InChI is InChI=1S/C15H17N3O2S/c1-20-10-5-7(16)6-11-13(10)17-15(21-11)18-14(19)12-8-3-2-4-9(8)12/h5-6,8-9,12H,2-4,16H2,1H3,(H,17,18,19). The van der Waals surface area contributed by atoms with Gasteiger partial charge in [-0.05, 0) is 30.7 Å². The average Bonchev–Trinajstić information content (AvgIpc) is 2.81. The number of thiazole rings is 1. The van der Waals surface area contributed by atoms with Gasteiger partial charge in [0.15, 0.2) is 5.13 Å². The Morgan fingerprint density at radius 2 is 2.19 bits per heavy atom. The van der Waals surface area contributed by atoms with Gasteiger partial charge < -0.3 is 15.8 Å². The molecule has 1 amide bonds. The molecule has 1 aromatic carbocycles. The summed E-state index contributed by atoms with van der Waals surface area (Å²) in [6.07, 6.45) is 3.68. The fraction of sp³-hybridized carbons (Fsp3) is 0.467. The lowest BCUT2D eigenvalue weighted by atomic mass is 10.1. The SMILES string of the molecule is COc1cc(N)cc2sc(NC(=O)C3C4CCCC43)nc12. The van der Waals surface area contributed by atoms with E-state index in [9.17, 15) is 4.79 Å². The van der Waals surface area contributed by atoms with E-state index in [4.69, 9.17) is 10.5 Å². The van der Waals surface area contributed by atoms with Crippen LogP contribution in [0, 0.1) is 17.8 Å². The maximum absolute atomic E-state index is 12.3. The van der Waals surface area contributed by atoms with Crippen LogP contribution in [0.25, 0.3) is 10.2 Å². The van der Waals surface area contributed by atoms with E-state index in [0.717, 1.165) is 10.2 Å². The van der Waals surface area contributed by atoms with Gasteiger partial charge in [-0.2, -0.15) is 0 Å². The number of nitrogens with one attached hydrogen (secondary N) is 1. The zero-order valence-electron chi connectivity index (χ0n) is 11.8. The van der Waals surface area contributed by atoms with E-state index in [1.165, 1.54) is 30.6 Å². The van der Waals surface area contributed by atoms with Crippen molar-refractivity contribution in [3.63, 3.8) is 0 Å². The number of carbonyl (C=O) groups excluding carboxylic acids is 1. The van der Waals surface area contributed by atoms with Crippen LogP contribution in [0.5, 0.6) is 5.75 Å². The number of rotatable bonds is 3. The van der Waals surface area contributed by atoms with Crippen molar-refractivity contribution in [2.75, 3.05) is 18.2 Å². The van der Waals surface area contributed by atoms with Gasteiger partial charge in [0.05, 0.1) is 11.8 Å². The topological polar surface area (TPSA) is 77.2 Å². The summed E-state index contributed by atoms with van der Waals surface area (Å²) in [5.41, 5.74) is 7.23. The summed E-state index contributed by atoms with van der Waals surface area (Å²) < 4.78 is 6.23. The molecular weight excluding hydrogens is 286 g/mol. The Morgan fingerprint density at radius 1 is 1.43 bits per heavy atom. The molecule has 0 aliphatic heterocycles. The third kappa shape index (κ3) is 2.05. The smallest absolute Gasteiger partial charge is 0.229 e. The lowest BCUT2D eigenvalue weighted by Gasteiger charge is -2.03. The van der Waals surface area contributed by atoms with Gasteiger partial charge in [-0.15, -0.1) is 0 Å². The first-order valence-electron chi connectivity index (χ1n) is 7.22. The first-order chi connectivity index (χ1) is 10.2. The number of aromatic nitrogens is 1. The van der Waals surface area contributed by atoms with Crippen molar-refractivity contribution in [2.24, 2.45) is 17.8 Å². The van der Waals surface area contributed by atoms with E-state index in [1.807, 2.05) is 6.07 Å². The normalized spacial score (nSPS) is 26.6. The highest BCUT2D eigenvalue weighted by Crippen LogP contribution is 2.57. The predicted octanol–water partition coefficient (Wildman–Crippen LogP) is 2.87. The van der Waals surface area contributed by atoms with Crippen molar-refractivity contribution in [2.45, 2.75) is 19.3 Å². The van der Waals surface area contributed by atoms with Crippen molar-refractivity contribution in [1.29, 1.82) is 0 Å². The Morgan fingerprint density at radius 3 is 2.90 bits per heavy atom. The summed E-state index contributed by atoms with van der Waals surface area (Å²) >= 11 is 1.44. The van der Waals surface area contributed by atoms with Crippen LogP contribution < -0.4 is 15.8 Å². The van der Waals surface area contributed by atoms with Gasteiger partial charge in [-0.25, -0.2) is 4.98 Å². The second-order valence-electron chi connectivity index (χ2n) is 5.86. The molecule has 0 spiro atoms. The molecule has 2 atom stereocenters. The second-order valence-corrected chi connectivity index (χ2v) is 6.89. The number of hydrogen-bond donors (Lipinski definition) is 2. The van der Waals surface area contributed by atoms with Crippen LogP contribution in [0.15, 0.2) is 12.1 Å². The summed E-state index contributed by atoms with van der Waals surface area (Å²) in [7, 11) is 1.59. The number of ether oxygens (including phenoxy) is 1. The molecule has 2 saturated carbocycles. The van der Waals surface area contributed by atoms with Gasteiger partial charge in [0.25, 0.3) is 0 Å². The molecule has 6 heteroatoms. The monoisotopic (exact) mass is 303 g/mol. The number of nitrogens with zero attached hydrogens (tertiary/aromatic N) is 1. The summed E-state index contributed by atoms with van der Waals surface area (Å²) in [6, 6.07) is 3.61. The Balaban J connectivity index is 1.58.